The SMILES string of the molecule is COc1cc(CBr)c(OC)cc1CBr.COc1cc(CO)c(OC)cc1CO. The Kier molecular flexibility index (Phi) is 11.3. The predicted molar refractivity (Wildman–Crippen MR) is 116 cm³/mol. The van der Waals surface area contributed by atoms with Gasteiger partial charge in [-0.3, -0.25) is 0 Å². The molecule has 0 fully saturated rings. The van der Waals surface area contributed by atoms with Crippen molar-refractivity contribution in [3.63, 3.8) is 0 Å². The van der Waals surface area contributed by atoms with Crippen molar-refractivity contribution in [1.82, 2.24) is 0 Å². The van der Waals surface area contributed by atoms with Gasteiger partial charge in [-0.15, -0.1) is 0 Å². The minimum Gasteiger partial charge on any atom is -0.496 e. The number of hydrogen-bond donors (Lipinski definition) is 2. The first kappa shape index (κ1) is 24.6. The molecule has 0 amide bonds. The Labute approximate surface area is 182 Å². The zero-order valence-corrected chi connectivity index (χ0v) is 19.6. The fourth-order valence-electron chi connectivity index (χ4n) is 2.50. The van der Waals surface area contributed by atoms with Crippen molar-refractivity contribution in [2.24, 2.45) is 0 Å². The molecule has 0 saturated carbocycles. The van der Waals surface area contributed by atoms with Crippen LogP contribution in [0.3, 0.4) is 0 Å². The lowest BCUT2D eigenvalue weighted by Gasteiger charge is -2.12. The van der Waals surface area contributed by atoms with Gasteiger partial charge >= 0.3 is 0 Å². The number of hydrogen-bond acceptors (Lipinski definition) is 6. The van der Waals surface area contributed by atoms with Crippen LogP contribution in [-0.4, -0.2) is 38.7 Å². The zero-order valence-electron chi connectivity index (χ0n) is 16.4. The summed E-state index contributed by atoms with van der Waals surface area (Å²) in [5.74, 6) is 2.88. The molecule has 0 aliphatic heterocycles. The Morgan fingerprint density at radius 1 is 0.571 bits per heavy atom. The number of methoxy groups -OCH3 is 4. The van der Waals surface area contributed by atoms with Crippen LogP contribution in [0.25, 0.3) is 0 Å². The second kappa shape index (κ2) is 12.9. The van der Waals surface area contributed by atoms with Crippen molar-refractivity contribution in [1.29, 1.82) is 0 Å². The van der Waals surface area contributed by atoms with Gasteiger partial charge in [-0.1, -0.05) is 31.9 Å². The van der Waals surface area contributed by atoms with E-state index in [1.807, 2.05) is 12.1 Å². The fraction of sp³-hybridized carbons (Fsp3) is 0.400. The number of rotatable bonds is 8. The van der Waals surface area contributed by atoms with Gasteiger partial charge in [-0.05, 0) is 24.3 Å². The molecule has 2 aromatic carbocycles. The first-order valence-electron chi connectivity index (χ1n) is 8.34. The first-order valence-corrected chi connectivity index (χ1v) is 10.6. The summed E-state index contributed by atoms with van der Waals surface area (Å²) in [7, 11) is 6.38. The Morgan fingerprint density at radius 2 is 0.821 bits per heavy atom. The van der Waals surface area contributed by atoms with Crippen molar-refractivity contribution in [3.8, 4) is 23.0 Å². The molecule has 0 bridgehead atoms. The van der Waals surface area contributed by atoms with E-state index < -0.39 is 0 Å². The molecule has 0 saturated heterocycles. The number of halogens is 2. The average molecular weight is 522 g/mol. The Morgan fingerprint density at radius 3 is 1.04 bits per heavy atom. The predicted octanol–water partition coefficient (Wildman–Crippen LogP) is 4.18. The molecule has 2 rings (SSSR count). The third-order valence-corrected chi connectivity index (χ3v) is 5.20. The highest BCUT2D eigenvalue weighted by atomic mass is 79.9. The molecule has 2 N–H and O–H groups in total. The summed E-state index contributed by atoms with van der Waals surface area (Å²) in [5, 5.41) is 19.6. The van der Waals surface area contributed by atoms with Crippen LogP contribution in [0.4, 0.5) is 0 Å². The highest BCUT2D eigenvalue weighted by Crippen LogP contribution is 2.31. The van der Waals surface area contributed by atoms with Crippen LogP contribution in [0.2, 0.25) is 0 Å². The highest BCUT2D eigenvalue weighted by Gasteiger charge is 2.10. The summed E-state index contributed by atoms with van der Waals surface area (Å²) < 4.78 is 20.6. The number of aliphatic hydroxyl groups excluding tert-OH is 2. The number of aliphatic hydroxyl groups is 2. The van der Waals surface area contributed by atoms with Crippen molar-refractivity contribution in [3.05, 3.63) is 46.5 Å². The smallest absolute Gasteiger partial charge is 0.125 e. The monoisotopic (exact) mass is 520 g/mol. The summed E-state index contributed by atoms with van der Waals surface area (Å²) in [6.07, 6.45) is 0. The molecule has 0 aliphatic rings. The van der Waals surface area contributed by atoms with E-state index in [2.05, 4.69) is 31.9 Å². The second-order valence-corrected chi connectivity index (χ2v) is 6.66. The van der Waals surface area contributed by atoms with Gasteiger partial charge in [0.2, 0.25) is 0 Å². The molecule has 0 aliphatic carbocycles. The number of benzene rings is 2. The normalized spacial score (nSPS) is 10.0. The first-order chi connectivity index (χ1) is 13.5. The van der Waals surface area contributed by atoms with Gasteiger partial charge < -0.3 is 29.2 Å². The molecule has 6 nitrogen and oxygen atoms in total. The molecule has 0 spiro atoms. The van der Waals surface area contributed by atoms with E-state index in [4.69, 9.17) is 29.2 Å². The molecule has 0 atom stereocenters. The molecule has 0 radical (unpaired) electrons. The van der Waals surface area contributed by atoms with Gasteiger partial charge in [-0.2, -0.15) is 0 Å². The third-order valence-electron chi connectivity index (χ3n) is 4.00. The summed E-state index contributed by atoms with van der Waals surface area (Å²) in [4.78, 5) is 0. The zero-order chi connectivity index (χ0) is 21.1. The van der Waals surface area contributed by atoms with E-state index in [1.165, 1.54) is 14.2 Å². The van der Waals surface area contributed by atoms with E-state index >= 15 is 0 Å². The van der Waals surface area contributed by atoms with E-state index in [9.17, 15) is 0 Å². The van der Waals surface area contributed by atoms with Crippen LogP contribution >= 0.6 is 31.9 Å². The number of ether oxygens (including phenoxy) is 4. The van der Waals surface area contributed by atoms with Crippen molar-refractivity contribution >= 4 is 31.9 Å². The lowest BCUT2D eigenvalue weighted by atomic mass is 10.1. The van der Waals surface area contributed by atoms with Crippen LogP contribution in [0.5, 0.6) is 23.0 Å². The average Bonchev–Trinajstić information content (AvgIpc) is 2.77. The largest absolute Gasteiger partial charge is 0.496 e. The van der Waals surface area contributed by atoms with Crippen LogP contribution < -0.4 is 18.9 Å². The van der Waals surface area contributed by atoms with Gasteiger partial charge in [0.25, 0.3) is 0 Å². The summed E-state index contributed by atoms with van der Waals surface area (Å²) >= 11 is 6.82. The minimum absolute atomic E-state index is 0.120. The van der Waals surface area contributed by atoms with Gasteiger partial charge in [0.05, 0.1) is 41.7 Å². The van der Waals surface area contributed by atoms with E-state index in [-0.39, 0.29) is 13.2 Å². The van der Waals surface area contributed by atoms with Crippen LogP contribution in [0, 0.1) is 0 Å². The van der Waals surface area contributed by atoms with Gasteiger partial charge in [-0.25, -0.2) is 0 Å². The number of alkyl halides is 2. The van der Waals surface area contributed by atoms with E-state index in [0.717, 1.165) is 33.3 Å². The molecule has 0 unspecified atom stereocenters. The lowest BCUT2D eigenvalue weighted by Crippen LogP contribution is -1.98. The molecule has 2 aromatic rings. The van der Waals surface area contributed by atoms with E-state index in [0.29, 0.717) is 22.6 Å². The van der Waals surface area contributed by atoms with E-state index in [1.54, 1.807) is 26.4 Å². The molecule has 0 heterocycles. The Bertz CT molecular complexity index is 572. The molecule has 156 valence electrons. The van der Waals surface area contributed by atoms with Crippen LogP contribution in [-0.2, 0) is 23.9 Å². The molecular formula is C20H26Br2O6. The van der Waals surface area contributed by atoms with Crippen LogP contribution in [0.15, 0.2) is 24.3 Å². The third kappa shape index (κ3) is 6.27. The van der Waals surface area contributed by atoms with Crippen molar-refractivity contribution in [2.45, 2.75) is 23.9 Å². The molecular weight excluding hydrogens is 496 g/mol. The Balaban J connectivity index is 0.000000280. The van der Waals surface area contributed by atoms with Gasteiger partial charge in [0.1, 0.15) is 23.0 Å². The molecule has 8 heteroatoms. The maximum absolute atomic E-state index is 9.04. The van der Waals surface area contributed by atoms with Gasteiger partial charge in [0.15, 0.2) is 0 Å². The molecule has 28 heavy (non-hydrogen) atoms. The summed E-state index contributed by atoms with van der Waals surface area (Å²) in [6.45, 7) is -0.240. The quantitative estimate of drug-likeness (QED) is 0.507. The standard InChI is InChI=1S/C10H12Br2O2.C10H14O4/c2*1-13-9-3-8(6-12)10(14-2)4-7(9)5-11/h3-4H,5-6H2,1-2H3;3-4,11-12H,5-6H2,1-2H3. The fourth-order valence-corrected chi connectivity index (χ4v) is 3.38. The maximum Gasteiger partial charge on any atom is 0.125 e. The molecule has 0 aromatic heterocycles. The lowest BCUT2D eigenvalue weighted by molar-refractivity contribution is 0.264. The van der Waals surface area contributed by atoms with Crippen LogP contribution in [0.1, 0.15) is 22.3 Å². The summed E-state index contributed by atoms with van der Waals surface area (Å²) in [6, 6.07) is 7.29. The summed E-state index contributed by atoms with van der Waals surface area (Å²) in [5.41, 5.74) is 3.46. The second-order valence-electron chi connectivity index (χ2n) is 5.54. The maximum atomic E-state index is 9.04. The topological polar surface area (TPSA) is 77.4 Å². The Hall–Kier alpha value is -1.48. The van der Waals surface area contributed by atoms with Crippen molar-refractivity contribution in [2.75, 3.05) is 28.4 Å². The minimum atomic E-state index is -0.120. The van der Waals surface area contributed by atoms with Crippen molar-refractivity contribution < 1.29 is 29.2 Å². The van der Waals surface area contributed by atoms with Gasteiger partial charge in [0, 0.05) is 32.9 Å². The highest BCUT2D eigenvalue weighted by molar-refractivity contribution is 9.08.